The van der Waals surface area contributed by atoms with Crippen LogP contribution in [0, 0.1) is 6.92 Å². The summed E-state index contributed by atoms with van der Waals surface area (Å²) >= 11 is 0. The number of nitrogens with zero attached hydrogens (tertiary/aromatic N) is 3. The summed E-state index contributed by atoms with van der Waals surface area (Å²) in [6.45, 7) is 1.84. The summed E-state index contributed by atoms with van der Waals surface area (Å²) < 4.78 is 8.37. The molecule has 0 aromatic carbocycles. The van der Waals surface area contributed by atoms with E-state index in [9.17, 15) is 9.59 Å². The van der Waals surface area contributed by atoms with Gasteiger partial charge in [0.05, 0.1) is 5.69 Å². The van der Waals surface area contributed by atoms with Gasteiger partial charge in [-0.2, -0.15) is 0 Å². The molecular formula is C16H15N3O3. The zero-order valence-corrected chi connectivity index (χ0v) is 12.3. The number of esters is 1. The molecule has 0 aliphatic rings. The van der Waals surface area contributed by atoms with Gasteiger partial charge >= 0.3 is 5.97 Å². The van der Waals surface area contributed by atoms with Crippen LogP contribution in [0.25, 0.3) is 5.65 Å². The summed E-state index contributed by atoms with van der Waals surface area (Å²) in [5.41, 5.74) is 2.14. The molecule has 6 nitrogen and oxygen atoms in total. The lowest BCUT2D eigenvalue weighted by Gasteiger charge is -2.07. The third-order valence-corrected chi connectivity index (χ3v) is 3.44. The van der Waals surface area contributed by atoms with Gasteiger partial charge in [0, 0.05) is 25.5 Å². The van der Waals surface area contributed by atoms with Crippen molar-refractivity contribution in [3.05, 3.63) is 70.0 Å². The molecule has 0 spiro atoms. The van der Waals surface area contributed by atoms with E-state index in [2.05, 4.69) is 4.98 Å². The molecule has 0 saturated carbocycles. The molecule has 3 rings (SSSR count). The Bertz CT molecular complexity index is 908. The molecule has 0 unspecified atom stereocenters. The number of aromatic nitrogens is 3. The number of fused-ring (bicyclic) bond motifs is 1. The molecule has 3 aromatic rings. The Hall–Kier alpha value is -2.89. The fourth-order valence-corrected chi connectivity index (χ4v) is 2.27. The van der Waals surface area contributed by atoms with Crippen LogP contribution in [0.2, 0.25) is 0 Å². The van der Waals surface area contributed by atoms with Gasteiger partial charge in [-0.25, -0.2) is 9.78 Å². The van der Waals surface area contributed by atoms with Crippen molar-refractivity contribution in [2.75, 3.05) is 0 Å². The van der Waals surface area contributed by atoms with Gasteiger partial charge in [0.15, 0.2) is 0 Å². The zero-order chi connectivity index (χ0) is 15.7. The molecule has 0 fully saturated rings. The van der Waals surface area contributed by atoms with Crippen molar-refractivity contribution in [1.29, 1.82) is 0 Å². The standard InChI is InChI=1S/C16H15N3O3/c1-11-5-3-8-19-14(20)9-12(17-15(11)19)10-22-16(21)13-6-4-7-18(13)2/h3-9H,10H2,1-2H3. The van der Waals surface area contributed by atoms with E-state index in [0.717, 1.165) is 5.56 Å². The van der Waals surface area contributed by atoms with E-state index in [1.807, 2.05) is 13.0 Å². The second-order valence-corrected chi connectivity index (χ2v) is 5.05. The molecule has 0 saturated heterocycles. The summed E-state index contributed by atoms with van der Waals surface area (Å²) in [6, 6.07) is 8.49. The maximum Gasteiger partial charge on any atom is 0.355 e. The first-order chi connectivity index (χ1) is 10.6. The van der Waals surface area contributed by atoms with Crippen molar-refractivity contribution in [1.82, 2.24) is 14.0 Å². The second-order valence-electron chi connectivity index (χ2n) is 5.05. The first kappa shape index (κ1) is 14.1. The predicted octanol–water partition coefficient (Wildman–Crippen LogP) is 1.70. The lowest BCUT2D eigenvalue weighted by molar-refractivity contribution is 0.0456. The first-order valence-electron chi connectivity index (χ1n) is 6.82. The van der Waals surface area contributed by atoms with Gasteiger partial charge in [0.1, 0.15) is 17.9 Å². The minimum atomic E-state index is -0.445. The van der Waals surface area contributed by atoms with E-state index in [0.29, 0.717) is 17.0 Å². The topological polar surface area (TPSA) is 65.6 Å². The average Bonchev–Trinajstić information content (AvgIpc) is 2.92. The fourth-order valence-electron chi connectivity index (χ4n) is 2.27. The van der Waals surface area contributed by atoms with Crippen LogP contribution in [0.15, 0.2) is 47.5 Å². The zero-order valence-electron chi connectivity index (χ0n) is 12.3. The van der Waals surface area contributed by atoms with E-state index in [1.165, 1.54) is 10.5 Å². The molecule has 0 N–H and O–H groups in total. The lowest BCUT2D eigenvalue weighted by atomic mass is 10.3. The van der Waals surface area contributed by atoms with Crippen molar-refractivity contribution in [3.8, 4) is 0 Å². The lowest BCUT2D eigenvalue weighted by Crippen LogP contribution is -2.17. The van der Waals surface area contributed by atoms with Crippen molar-refractivity contribution >= 4 is 11.6 Å². The molecular weight excluding hydrogens is 282 g/mol. The van der Waals surface area contributed by atoms with Crippen LogP contribution in [0.3, 0.4) is 0 Å². The monoisotopic (exact) mass is 297 g/mol. The second kappa shape index (κ2) is 5.48. The Balaban J connectivity index is 1.86. The summed E-state index contributed by atoms with van der Waals surface area (Å²) in [6.07, 6.45) is 3.43. The predicted molar refractivity (Wildman–Crippen MR) is 80.7 cm³/mol. The van der Waals surface area contributed by atoms with E-state index in [-0.39, 0.29) is 12.2 Å². The fraction of sp³-hybridized carbons (Fsp3) is 0.188. The highest BCUT2D eigenvalue weighted by atomic mass is 16.5. The smallest absolute Gasteiger partial charge is 0.355 e. The number of hydrogen-bond donors (Lipinski definition) is 0. The molecule has 22 heavy (non-hydrogen) atoms. The molecule has 3 heterocycles. The number of aryl methyl sites for hydroxylation is 2. The number of pyridine rings is 1. The van der Waals surface area contributed by atoms with Gasteiger partial charge in [-0.15, -0.1) is 0 Å². The molecule has 0 radical (unpaired) electrons. The van der Waals surface area contributed by atoms with Crippen LogP contribution >= 0.6 is 0 Å². The minimum absolute atomic E-state index is 0.0376. The van der Waals surface area contributed by atoms with Gasteiger partial charge in [0.25, 0.3) is 5.56 Å². The van der Waals surface area contributed by atoms with Crippen LogP contribution in [-0.4, -0.2) is 19.9 Å². The maximum atomic E-state index is 12.1. The van der Waals surface area contributed by atoms with Crippen molar-refractivity contribution in [3.63, 3.8) is 0 Å². The Morgan fingerprint density at radius 3 is 2.77 bits per heavy atom. The van der Waals surface area contributed by atoms with Crippen LogP contribution in [0.1, 0.15) is 21.7 Å². The van der Waals surface area contributed by atoms with E-state index < -0.39 is 5.97 Å². The normalized spacial score (nSPS) is 10.8. The number of carbonyl (C=O) groups excluding carboxylic acids is 1. The Morgan fingerprint density at radius 1 is 1.27 bits per heavy atom. The highest BCUT2D eigenvalue weighted by Crippen LogP contribution is 2.08. The summed E-state index contributed by atoms with van der Waals surface area (Å²) in [5.74, 6) is -0.445. The van der Waals surface area contributed by atoms with E-state index >= 15 is 0 Å². The number of hydrogen-bond acceptors (Lipinski definition) is 4. The molecule has 0 bridgehead atoms. The minimum Gasteiger partial charge on any atom is -0.455 e. The third-order valence-electron chi connectivity index (χ3n) is 3.44. The summed E-state index contributed by atoms with van der Waals surface area (Å²) in [4.78, 5) is 28.4. The van der Waals surface area contributed by atoms with Gasteiger partial charge in [-0.1, -0.05) is 6.07 Å². The van der Waals surface area contributed by atoms with Gasteiger partial charge < -0.3 is 9.30 Å². The Morgan fingerprint density at radius 2 is 2.05 bits per heavy atom. The SMILES string of the molecule is Cc1cccn2c(=O)cc(COC(=O)c3cccn3C)nc12. The Labute approximate surface area is 126 Å². The van der Waals surface area contributed by atoms with Crippen LogP contribution < -0.4 is 5.56 Å². The highest BCUT2D eigenvalue weighted by molar-refractivity contribution is 5.87. The Kier molecular flexibility index (Phi) is 3.50. The largest absolute Gasteiger partial charge is 0.455 e. The van der Waals surface area contributed by atoms with Crippen LogP contribution in [0.5, 0.6) is 0 Å². The number of ether oxygens (including phenoxy) is 1. The maximum absolute atomic E-state index is 12.1. The van der Waals surface area contributed by atoms with Gasteiger partial charge in [-0.3, -0.25) is 9.20 Å². The number of rotatable bonds is 3. The van der Waals surface area contributed by atoms with Crippen molar-refractivity contribution in [2.45, 2.75) is 13.5 Å². The molecule has 6 heteroatoms. The van der Waals surface area contributed by atoms with Crippen molar-refractivity contribution < 1.29 is 9.53 Å². The molecule has 0 aliphatic heterocycles. The molecule has 112 valence electrons. The molecule has 3 aromatic heterocycles. The van der Waals surface area contributed by atoms with Crippen LogP contribution in [-0.2, 0) is 18.4 Å². The van der Waals surface area contributed by atoms with Crippen LogP contribution in [0.4, 0.5) is 0 Å². The van der Waals surface area contributed by atoms with E-state index in [1.54, 1.807) is 42.2 Å². The summed E-state index contributed by atoms with van der Waals surface area (Å²) in [5, 5.41) is 0. The van der Waals surface area contributed by atoms with Gasteiger partial charge in [0.2, 0.25) is 0 Å². The highest BCUT2D eigenvalue weighted by Gasteiger charge is 2.12. The van der Waals surface area contributed by atoms with Gasteiger partial charge in [-0.05, 0) is 30.7 Å². The first-order valence-corrected chi connectivity index (χ1v) is 6.82. The average molecular weight is 297 g/mol. The molecule has 0 amide bonds. The van der Waals surface area contributed by atoms with Crippen molar-refractivity contribution in [2.24, 2.45) is 7.05 Å². The molecule has 0 atom stereocenters. The number of carbonyl (C=O) groups is 1. The summed E-state index contributed by atoms with van der Waals surface area (Å²) in [7, 11) is 1.76. The quantitative estimate of drug-likeness (QED) is 0.690. The molecule has 0 aliphatic carbocycles. The van der Waals surface area contributed by atoms with E-state index in [4.69, 9.17) is 4.74 Å². The third kappa shape index (κ3) is 2.50.